The standard InChI is InChI=1S/C11H21NO2/c1-11(8-12,10(13)14-2)9-6-4-3-5-7-9/h9H,3-8,12H2,1-2H3. The highest BCUT2D eigenvalue weighted by molar-refractivity contribution is 5.77. The Bertz CT molecular complexity index is 199. The van der Waals surface area contributed by atoms with Crippen molar-refractivity contribution in [2.45, 2.75) is 39.0 Å². The number of esters is 1. The summed E-state index contributed by atoms with van der Waals surface area (Å²) >= 11 is 0. The number of methoxy groups -OCH3 is 1. The van der Waals surface area contributed by atoms with Gasteiger partial charge < -0.3 is 10.5 Å². The third-order valence-corrected chi connectivity index (χ3v) is 3.58. The van der Waals surface area contributed by atoms with Crippen LogP contribution in [0.3, 0.4) is 0 Å². The Kier molecular flexibility index (Phi) is 3.93. The van der Waals surface area contributed by atoms with Gasteiger partial charge in [-0.15, -0.1) is 0 Å². The number of rotatable bonds is 3. The van der Waals surface area contributed by atoms with Crippen LogP contribution in [0.1, 0.15) is 39.0 Å². The highest BCUT2D eigenvalue weighted by Gasteiger charge is 2.41. The summed E-state index contributed by atoms with van der Waals surface area (Å²) in [6.45, 7) is 2.33. The molecule has 0 bridgehead atoms. The van der Waals surface area contributed by atoms with Gasteiger partial charge in [-0.25, -0.2) is 0 Å². The molecule has 0 aliphatic heterocycles. The van der Waals surface area contributed by atoms with E-state index >= 15 is 0 Å². The molecule has 1 rings (SSSR count). The predicted molar refractivity (Wildman–Crippen MR) is 55.8 cm³/mol. The zero-order valence-corrected chi connectivity index (χ0v) is 9.21. The van der Waals surface area contributed by atoms with Gasteiger partial charge in [-0.3, -0.25) is 4.79 Å². The maximum atomic E-state index is 11.7. The van der Waals surface area contributed by atoms with Crippen molar-refractivity contribution >= 4 is 5.97 Å². The fraction of sp³-hybridized carbons (Fsp3) is 0.909. The van der Waals surface area contributed by atoms with E-state index in [-0.39, 0.29) is 5.97 Å². The van der Waals surface area contributed by atoms with Crippen LogP contribution >= 0.6 is 0 Å². The lowest BCUT2D eigenvalue weighted by atomic mass is 9.70. The van der Waals surface area contributed by atoms with Crippen molar-refractivity contribution < 1.29 is 9.53 Å². The number of carbonyl (C=O) groups is 1. The number of hydrogen-bond acceptors (Lipinski definition) is 3. The fourth-order valence-corrected chi connectivity index (χ4v) is 2.39. The first-order valence-electron chi connectivity index (χ1n) is 5.43. The van der Waals surface area contributed by atoms with Crippen molar-refractivity contribution in [3.8, 4) is 0 Å². The van der Waals surface area contributed by atoms with Crippen LogP contribution in [0.25, 0.3) is 0 Å². The zero-order valence-electron chi connectivity index (χ0n) is 9.21. The molecule has 14 heavy (non-hydrogen) atoms. The van der Waals surface area contributed by atoms with Gasteiger partial charge in [0.15, 0.2) is 0 Å². The average Bonchev–Trinajstić information content (AvgIpc) is 2.28. The fourth-order valence-electron chi connectivity index (χ4n) is 2.39. The van der Waals surface area contributed by atoms with Crippen LogP contribution in [0.2, 0.25) is 0 Å². The molecule has 2 N–H and O–H groups in total. The Morgan fingerprint density at radius 2 is 2.00 bits per heavy atom. The summed E-state index contributed by atoms with van der Waals surface area (Å²) in [5, 5.41) is 0. The minimum Gasteiger partial charge on any atom is -0.469 e. The first-order valence-corrected chi connectivity index (χ1v) is 5.43. The van der Waals surface area contributed by atoms with E-state index in [1.165, 1.54) is 26.4 Å². The monoisotopic (exact) mass is 199 g/mol. The molecule has 82 valence electrons. The molecule has 3 heteroatoms. The molecule has 1 fully saturated rings. The molecule has 1 saturated carbocycles. The first kappa shape index (κ1) is 11.5. The SMILES string of the molecule is COC(=O)C(C)(CN)C1CCCCC1. The predicted octanol–water partition coefficient (Wildman–Crippen LogP) is 1.70. The molecule has 0 radical (unpaired) electrons. The Morgan fingerprint density at radius 1 is 1.43 bits per heavy atom. The lowest BCUT2D eigenvalue weighted by Gasteiger charge is -2.36. The van der Waals surface area contributed by atoms with Crippen molar-refractivity contribution in [1.29, 1.82) is 0 Å². The van der Waals surface area contributed by atoms with Crippen LogP contribution < -0.4 is 5.73 Å². The second-order valence-corrected chi connectivity index (χ2v) is 4.45. The summed E-state index contributed by atoms with van der Waals surface area (Å²) in [7, 11) is 1.44. The Hall–Kier alpha value is -0.570. The van der Waals surface area contributed by atoms with Gasteiger partial charge in [-0.1, -0.05) is 19.3 Å². The molecule has 1 aliphatic carbocycles. The summed E-state index contributed by atoms with van der Waals surface area (Å²) in [5.74, 6) is 0.264. The highest BCUT2D eigenvalue weighted by Crippen LogP contribution is 2.38. The summed E-state index contributed by atoms with van der Waals surface area (Å²) in [5.41, 5.74) is 5.25. The largest absolute Gasteiger partial charge is 0.469 e. The number of carbonyl (C=O) groups excluding carboxylic acids is 1. The van der Waals surface area contributed by atoms with Gasteiger partial charge in [0.2, 0.25) is 0 Å². The Morgan fingerprint density at radius 3 is 2.43 bits per heavy atom. The van der Waals surface area contributed by atoms with Gasteiger partial charge in [0.1, 0.15) is 0 Å². The Labute approximate surface area is 86.0 Å². The molecule has 0 spiro atoms. The van der Waals surface area contributed by atoms with E-state index in [4.69, 9.17) is 10.5 Å². The molecule has 0 aromatic rings. The minimum atomic E-state index is -0.463. The second kappa shape index (κ2) is 4.78. The maximum absolute atomic E-state index is 11.7. The number of hydrogen-bond donors (Lipinski definition) is 1. The summed E-state index contributed by atoms with van der Waals surface area (Å²) < 4.78 is 4.84. The summed E-state index contributed by atoms with van der Waals surface area (Å²) in [6.07, 6.45) is 5.96. The van der Waals surface area contributed by atoms with Gasteiger partial charge in [0, 0.05) is 6.54 Å². The quantitative estimate of drug-likeness (QED) is 0.704. The van der Waals surface area contributed by atoms with E-state index in [0.29, 0.717) is 12.5 Å². The topological polar surface area (TPSA) is 52.3 Å². The van der Waals surface area contributed by atoms with E-state index in [1.807, 2.05) is 6.92 Å². The molecule has 1 unspecified atom stereocenters. The number of nitrogens with two attached hydrogens (primary N) is 1. The summed E-state index contributed by atoms with van der Waals surface area (Å²) in [6, 6.07) is 0. The van der Waals surface area contributed by atoms with Gasteiger partial charge in [0.25, 0.3) is 0 Å². The molecule has 0 heterocycles. The van der Waals surface area contributed by atoms with Crippen molar-refractivity contribution in [1.82, 2.24) is 0 Å². The van der Waals surface area contributed by atoms with E-state index in [2.05, 4.69) is 0 Å². The molecule has 0 saturated heterocycles. The van der Waals surface area contributed by atoms with E-state index in [9.17, 15) is 4.79 Å². The third kappa shape index (κ3) is 2.08. The van der Waals surface area contributed by atoms with Crippen LogP contribution in [0, 0.1) is 11.3 Å². The first-order chi connectivity index (χ1) is 6.65. The van der Waals surface area contributed by atoms with Crippen LogP contribution in [-0.2, 0) is 9.53 Å². The minimum absolute atomic E-state index is 0.146. The van der Waals surface area contributed by atoms with Crippen molar-refractivity contribution in [3.05, 3.63) is 0 Å². The van der Waals surface area contributed by atoms with E-state index in [0.717, 1.165) is 12.8 Å². The molecule has 0 amide bonds. The third-order valence-electron chi connectivity index (χ3n) is 3.58. The van der Waals surface area contributed by atoms with Crippen molar-refractivity contribution in [3.63, 3.8) is 0 Å². The van der Waals surface area contributed by atoms with Crippen molar-refractivity contribution in [2.24, 2.45) is 17.1 Å². The van der Waals surface area contributed by atoms with Gasteiger partial charge >= 0.3 is 5.97 Å². The second-order valence-electron chi connectivity index (χ2n) is 4.45. The number of ether oxygens (including phenoxy) is 1. The normalized spacial score (nSPS) is 22.8. The zero-order chi connectivity index (χ0) is 10.6. The maximum Gasteiger partial charge on any atom is 0.313 e. The van der Waals surface area contributed by atoms with E-state index < -0.39 is 5.41 Å². The van der Waals surface area contributed by atoms with E-state index in [1.54, 1.807) is 0 Å². The molecular formula is C11H21NO2. The van der Waals surface area contributed by atoms with Crippen molar-refractivity contribution in [2.75, 3.05) is 13.7 Å². The van der Waals surface area contributed by atoms with Gasteiger partial charge in [-0.05, 0) is 25.7 Å². The van der Waals surface area contributed by atoms with Crippen LogP contribution in [0.5, 0.6) is 0 Å². The summed E-state index contributed by atoms with van der Waals surface area (Å²) in [4.78, 5) is 11.7. The smallest absolute Gasteiger partial charge is 0.313 e. The molecule has 0 aromatic heterocycles. The van der Waals surface area contributed by atoms with Crippen LogP contribution in [-0.4, -0.2) is 19.6 Å². The molecule has 3 nitrogen and oxygen atoms in total. The lowest BCUT2D eigenvalue weighted by Crippen LogP contribution is -2.44. The van der Waals surface area contributed by atoms with Crippen LogP contribution in [0.15, 0.2) is 0 Å². The molecular weight excluding hydrogens is 178 g/mol. The average molecular weight is 199 g/mol. The molecule has 1 aliphatic rings. The molecule has 1 atom stereocenters. The van der Waals surface area contributed by atoms with Gasteiger partial charge in [0.05, 0.1) is 12.5 Å². The Balaban J connectivity index is 2.71. The highest BCUT2D eigenvalue weighted by atomic mass is 16.5. The van der Waals surface area contributed by atoms with Crippen LogP contribution in [0.4, 0.5) is 0 Å². The molecule has 0 aromatic carbocycles. The lowest BCUT2D eigenvalue weighted by molar-refractivity contribution is -0.155. The van der Waals surface area contributed by atoms with Gasteiger partial charge in [-0.2, -0.15) is 0 Å².